The molecule has 2 bridgehead atoms. The highest BCUT2D eigenvalue weighted by Gasteiger charge is 2.46. The van der Waals surface area contributed by atoms with E-state index in [1.165, 1.54) is 24.0 Å². The van der Waals surface area contributed by atoms with Crippen LogP contribution in [-0.4, -0.2) is 56.0 Å². The number of carbonyl (C=O) groups is 1. The Bertz CT molecular complexity index is 1110. The van der Waals surface area contributed by atoms with Gasteiger partial charge in [0.05, 0.1) is 11.7 Å². The average molecular weight is 419 g/mol. The van der Waals surface area contributed by atoms with Crippen LogP contribution in [0.5, 0.6) is 0 Å². The number of anilines is 1. The predicted molar refractivity (Wildman–Crippen MR) is 102 cm³/mol. The minimum atomic E-state index is -4.69. The molecule has 5 rings (SSSR count). The zero-order chi connectivity index (χ0) is 21.0. The zero-order valence-corrected chi connectivity index (χ0v) is 16.2. The van der Waals surface area contributed by atoms with Crippen LogP contribution < -0.4 is 10.3 Å². The summed E-state index contributed by atoms with van der Waals surface area (Å²) in [5.41, 5.74) is -0.475. The van der Waals surface area contributed by atoms with Crippen LogP contribution in [0.3, 0.4) is 0 Å². The van der Waals surface area contributed by atoms with Gasteiger partial charge >= 0.3 is 6.18 Å². The molecule has 2 aliphatic rings. The SMILES string of the molecule is Cn1cc(N(C(=O)c2ccc3cccnn23)N2CC3CNCC2C3)c(C(F)(F)F)n1. The number of hydrogen-bond acceptors (Lipinski definition) is 5. The summed E-state index contributed by atoms with van der Waals surface area (Å²) in [7, 11) is 1.42. The summed E-state index contributed by atoms with van der Waals surface area (Å²) in [4.78, 5) is 13.7. The molecule has 2 unspecified atom stereocenters. The van der Waals surface area contributed by atoms with Crippen LogP contribution in [0, 0.1) is 5.92 Å². The van der Waals surface area contributed by atoms with Gasteiger partial charge in [0.15, 0.2) is 5.69 Å². The number of nitrogens with zero attached hydrogens (tertiary/aromatic N) is 6. The molecule has 2 saturated heterocycles. The van der Waals surface area contributed by atoms with Gasteiger partial charge in [-0.15, -0.1) is 0 Å². The molecule has 0 spiro atoms. The topological polar surface area (TPSA) is 70.7 Å². The van der Waals surface area contributed by atoms with Gasteiger partial charge in [0, 0.05) is 32.4 Å². The van der Waals surface area contributed by atoms with Crippen molar-refractivity contribution in [1.29, 1.82) is 0 Å². The Morgan fingerprint density at radius 1 is 1.27 bits per heavy atom. The van der Waals surface area contributed by atoms with Crippen LogP contribution in [0.2, 0.25) is 0 Å². The highest BCUT2D eigenvalue weighted by molar-refractivity contribution is 6.05. The third-order valence-electron chi connectivity index (χ3n) is 5.68. The van der Waals surface area contributed by atoms with Crippen LogP contribution in [-0.2, 0) is 13.2 Å². The van der Waals surface area contributed by atoms with E-state index in [4.69, 9.17) is 0 Å². The van der Waals surface area contributed by atoms with E-state index in [0.29, 0.717) is 18.6 Å². The first-order valence-electron chi connectivity index (χ1n) is 9.68. The molecule has 0 aromatic carbocycles. The molecule has 2 aliphatic heterocycles. The van der Waals surface area contributed by atoms with Crippen LogP contribution in [0.15, 0.2) is 36.7 Å². The van der Waals surface area contributed by atoms with Gasteiger partial charge in [-0.1, -0.05) is 0 Å². The maximum atomic E-state index is 13.8. The van der Waals surface area contributed by atoms with Gasteiger partial charge in [0.1, 0.15) is 11.4 Å². The van der Waals surface area contributed by atoms with E-state index in [1.54, 1.807) is 29.3 Å². The van der Waals surface area contributed by atoms with Crippen LogP contribution in [0.1, 0.15) is 22.6 Å². The lowest BCUT2D eigenvalue weighted by Gasteiger charge is -2.35. The largest absolute Gasteiger partial charge is 0.437 e. The Hall–Kier alpha value is -2.92. The fraction of sp³-hybridized carbons (Fsp3) is 0.421. The zero-order valence-electron chi connectivity index (χ0n) is 16.2. The summed E-state index contributed by atoms with van der Waals surface area (Å²) in [5.74, 6) is -0.299. The van der Waals surface area contributed by atoms with Crippen molar-refractivity contribution in [2.24, 2.45) is 13.0 Å². The first-order valence-corrected chi connectivity index (χ1v) is 9.68. The minimum Gasteiger partial charge on any atom is -0.315 e. The number of hydrogen-bond donors (Lipinski definition) is 1. The molecule has 158 valence electrons. The molecule has 2 atom stereocenters. The number of nitrogens with one attached hydrogen (secondary N) is 1. The first-order chi connectivity index (χ1) is 14.3. The van der Waals surface area contributed by atoms with Gasteiger partial charge < -0.3 is 5.32 Å². The molecule has 1 amide bonds. The van der Waals surface area contributed by atoms with Gasteiger partial charge in [0.25, 0.3) is 5.91 Å². The third kappa shape index (κ3) is 3.05. The standard InChI is InChI=1S/C19H20F3N7O/c1-26-11-16(17(25-26)19(20,21)22)29(27-10-12-7-14(27)9-23-8-12)18(30)15-5-4-13-3-2-6-24-28(13)15/h2-6,11-12,14,23H,7-10H2,1H3. The van der Waals surface area contributed by atoms with E-state index < -0.39 is 17.8 Å². The second-order valence-corrected chi connectivity index (χ2v) is 7.77. The number of amides is 1. The Balaban J connectivity index is 1.65. The van der Waals surface area contributed by atoms with E-state index in [-0.39, 0.29) is 23.3 Å². The molecule has 5 heterocycles. The fourth-order valence-corrected chi connectivity index (χ4v) is 4.44. The Labute approximate surface area is 169 Å². The molecule has 11 heteroatoms. The summed E-state index contributed by atoms with van der Waals surface area (Å²) in [5, 5.41) is 14.0. The molecule has 8 nitrogen and oxygen atoms in total. The van der Waals surface area contributed by atoms with Crippen molar-refractivity contribution < 1.29 is 18.0 Å². The van der Waals surface area contributed by atoms with E-state index in [2.05, 4.69) is 15.5 Å². The molecule has 1 N–H and O–H groups in total. The highest BCUT2D eigenvalue weighted by atomic mass is 19.4. The lowest BCUT2D eigenvalue weighted by Crippen LogP contribution is -2.52. The van der Waals surface area contributed by atoms with Crippen LogP contribution in [0.4, 0.5) is 18.9 Å². The Morgan fingerprint density at radius 2 is 2.10 bits per heavy atom. The molecule has 3 aromatic heterocycles. The molecular weight excluding hydrogens is 399 g/mol. The fourth-order valence-electron chi connectivity index (χ4n) is 4.44. The molecule has 0 radical (unpaired) electrons. The number of aryl methyl sites for hydroxylation is 1. The van der Waals surface area contributed by atoms with Crippen molar-refractivity contribution in [3.63, 3.8) is 0 Å². The third-order valence-corrected chi connectivity index (χ3v) is 5.68. The molecule has 0 saturated carbocycles. The van der Waals surface area contributed by atoms with Crippen molar-refractivity contribution >= 4 is 17.1 Å². The van der Waals surface area contributed by atoms with E-state index in [9.17, 15) is 18.0 Å². The van der Waals surface area contributed by atoms with Crippen molar-refractivity contribution in [2.45, 2.75) is 18.6 Å². The summed E-state index contributed by atoms with van der Waals surface area (Å²) in [6, 6.07) is 6.75. The number of halogens is 3. The maximum Gasteiger partial charge on any atom is 0.437 e. The number of hydrazine groups is 1. The first kappa shape index (κ1) is 19.1. The van der Waals surface area contributed by atoms with E-state index in [0.717, 1.165) is 22.7 Å². The molecule has 3 aromatic rings. The highest BCUT2D eigenvalue weighted by Crippen LogP contribution is 2.39. The summed E-state index contributed by atoms with van der Waals surface area (Å²) >= 11 is 0. The van der Waals surface area contributed by atoms with Gasteiger partial charge in [-0.3, -0.25) is 9.48 Å². The monoisotopic (exact) mass is 419 g/mol. The van der Waals surface area contributed by atoms with Crippen molar-refractivity contribution in [3.05, 3.63) is 48.0 Å². The van der Waals surface area contributed by atoms with Crippen LogP contribution >= 0.6 is 0 Å². The van der Waals surface area contributed by atoms with Crippen molar-refractivity contribution in [1.82, 2.24) is 29.7 Å². The number of fused-ring (bicyclic) bond motifs is 3. The second-order valence-electron chi connectivity index (χ2n) is 7.77. The van der Waals surface area contributed by atoms with E-state index >= 15 is 0 Å². The molecule has 2 fully saturated rings. The normalized spacial score (nSPS) is 22.0. The van der Waals surface area contributed by atoms with Gasteiger partial charge in [-0.25, -0.2) is 14.5 Å². The van der Waals surface area contributed by atoms with Gasteiger partial charge in [0.2, 0.25) is 0 Å². The molecule has 30 heavy (non-hydrogen) atoms. The predicted octanol–water partition coefficient (Wildman–Crippen LogP) is 1.94. The van der Waals surface area contributed by atoms with Gasteiger partial charge in [-0.2, -0.15) is 23.4 Å². The van der Waals surface area contributed by atoms with Crippen molar-refractivity contribution in [3.8, 4) is 0 Å². The minimum absolute atomic E-state index is 0.0758. The molecular formula is C19H20F3N7O. The maximum absolute atomic E-state index is 13.8. The quantitative estimate of drug-likeness (QED) is 0.703. The Kier molecular flexibility index (Phi) is 4.33. The number of rotatable bonds is 3. The summed E-state index contributed by atoms with van der Waals surface area (Å²) in [6.07, 6.45) is -1.08. The Morgan fingerprint density at radius 3 is 2.87 bits per heavy atom. The number of piperidine rings is 1. The number of alkyl halides is 3. The lowest BCUT2D eigenvalue weighted by atomic mass is 10.0. The molecule has 0 aliphatic carbocycles. The summed E-state index contributed by atoms with van der Waals surface area (Å²) < 4.78 is 43.9. The number of aromatic nitrogens is 4. The van der Waals surface area contributed by atoms with Crippen LogP contribution in [0.25, 0.3) is 5.52 Å². The second kappa shape index (κ2) is 6.81. The summed E-state index contributed by atoms with van der Waals surface area (Å²) in [6.45, 7) is 1.88. The van der Waals surface area contributed by atoms with Crippen molar-refractivity contribution in [2.75, 3.05) is 24.6 Å². The van der Waals surface area contributed by atoms with E-state index in [1.807, 2.05) is 0 Å². The average Bonchev–Trinajstić information content (AvgIpc) is 3.38. The number of carbonyl (C=O) groups excluding carboxylic acids is 1. The lowest BCUT2D eigenvalue weighted by molar-refractivity contribution is -0.141. The smallest absolute Gasteiger partial charge is 0.315 e. The van der Waals surface area contributed by atoms with Gasteiger partial charge in [-0.05, 0) is 43.1 Å².